The van der Waals surface area contributed by atoms with Gasteiger partial charge in [-0.2, -0.15) is 0 Å². The highest BCUT2D eigenvalue weighted by molar-refractivity contribution is 5.94. The zero-order valence-electron chi connectivity index (χ0n) is 16.1. The molecule has 4 nitrogen and oxygen atoms in total. The van der Waals surface area contributed by atoms with Gasteiger partial charge in [-0.25, -0.2) is 4.98 Å². The molecule has 0 saturated carbocycles. The number of pyridine rings is 1. The molecule has 1 amide bonds. The molecule has 0 atom stereocenters. The molecule has 0 N–H and O–H groups in total. The maximum atomic E-state index is 12.7. The SMILES string of the molecule is CC1CCN(C(=O)c2ccc(N(Cc3ccccc3)C(C)C)nc2)CC1. The van der Waals surface area contributed by atoms with E-state index in [-0.39, 0.29) is 5.91 Å². The first-order chi connectivity index (χ1) is 12.5. The van der Waals surface area contributed by atoms with E-state index >= 15 is 0 Å². The second-order valence-corrected chi connectivity index (χ2v) is 7.59. The van der Waals surface area contributed by atoms with Gasteiger partial charge in [-0.15, -0.1) is 0 Å². The third-order valence-corrected chi connectivity index (χ3v) is 5.18. The van der Waals surface area contributed by atoms with Crippen LogP contribution in [0.2, 0.25) is 0 Å². The standard InChI is InChI=1S/C22H29N3O/c1-17(2)25(16-19-7-5-4-6-8-19)21-10-9-20(15-23-21)22(26)24-13-11-18(3)12-14-24/h4-10,15,17-18H,11-14,16H2,1-3H3. The molecule has 2 heterocycles. The molecule has 1 fully saturated rings. The van der Waals surface area contributed by atoms with E-state index < -0.39 is 0 Å². The summed E-state index contributed by atoms with van der Waals surface area (Å²) < 4.78 is 0. The fourth-order valence-electron chi connectivity index (χ4n) is 3.38. The minimum atomic E-state index is 0.107. The van der Waals surface area contributed by atoms with Gasteiger partial charge in [0.1, 0.15) is 5.82 Å². The van der Waals surface area contributed by atoms with Gasteiger partial charge in [-0.05, 0) is 50.3 Å². The molecule has 0 aliphatic carbocycles. The lowest BCUT2D eigenvalue weighted by Crippen LogP contribution is -2.38. The Balaban J connectivity index is 1.71. The summed E-state index contributed by atoms with van der Waals surface area (Å²) in [5.74, 6) is 1.74. The number of aromatic nitrogens is 1. The molecule has 1 saturated heterocycles. The van der Waals surface area contributed by atoms with Gasteiger partial charge >= 0.3 is 0 Å². The maximum Gasteiger partial charge on any atom is 0.255 e. The number of carbonyl (C=O) groups excluding carboxylic acids is 1. The summed E-state index contributed by atoms with van der Waals surface area (Å²) in [7, 11) is 0. The molecule has 138 valence electrons. The van der Waals surface area contributed by atoms with E-state index in [2.05, 4.69) is 54.9 Å². The van der Waals surface area contributed by atoms with Crippen LogP contribution in [-0.2, 0) is 6.54 Å². The van der Waals surface area contributed by atoms with Gasteiger partial charge in [-0.3, -0.25) is 4.79 Å². The minimum absolute atomic E-state index is 0.107. The summed E-state index contributed by atoms with van der Waals surface area (Å²) in [4.78, 5) is 21.5. The highest BCUT2D eigenvalue weighted by atomic mass is 16.2. The van der Waals surface area contributed by atoms with Crippen molar-refractivity contribution in [1.82, 2.24) is 9.88 Å². The molecular weight excluding hydrogens is 322 g/mol. The molecule has 1 aliphatic heterocycles. The van der Waals surface area contributed by atoms with Crippen LogP contribution < -0.4 is 4.90 Å². The van der Waals surface area contributed by atoms with Crippen molar-refractivity contribution in [1.29, 1.82) is 0 Å². The topological polar surface area (TPSA) is 36.4 Å². The van der Waals surface area contributed by atoms with E-state index in [0.717, 1.165) is 44.2 Å². The summed E-state index contributed by atoms with van der Waals surface area (Å²) in [5, 5.41) is 0. The summed E-state index contributed by atoms with van der Waals surface area (Å²) in [6.45, 7) is 9.10. The maximum absolute atomic E-state index is 12.7. The second-order valence-electron chi connectivity index (χ2n) is 7.59. The molecule has 1 aromatic heterocycles. The molecule has 1 aliphatic rings. The number of hydrogen-bond donors (Lipinski definition) is 0. The van der Waals surface area contributed by atoms with Crippen LogP contribution in [0, 0.1) is 5.92 Å². The Kier molecular flexibility index (Phi) is 5.92. The van der Waals surface area contributed by atoms with Crippen LogP contribution in [0.15, 0.2) is 48.7 Å². The number of rotatable bonds is 5. The number of hydrogen-bond acceptors (Lipinski definition) is 3. The van der Waals surface area contributed by atoms with Gasteiger partial charge in [0.25, 0.3) is 5.91 Å². The molecule has 0 unspecified atom stereocenters. The van der Waals surface area contributed by atoms with Crippen LogP contribution in [0.1, 0.15) is 49.5 Å². The van der Waals surface area contributed by atoms with Crippen LogP contribution in [0.4, 0.5) is 5.82 Å². The first kappa shape index (κ1) is 18.4. The first-order valence-corrected chi connectivity index (χ1v) is 9.60. The largest absolute Gasteiger partial charge is 0.350 e. The molecule has 2 aromatic rings. The normalized spacial score (nSPS) is 15.3. The number of benzene rings is 1. The van der Waals surface area contributed by atoms with Crippen molar-refractivity contribution in [2.24, 2.45) is 5.92 Å². The van der Waals surface area contributed by atoms with E-state index in [1.807, 2.05) is 23.1 Å². The van der Waals surface area contributed by atoms with Crippen LogP contribution in [-0.4, -0.2) is 34.9 Å². The summed E-state index contributed by atoms with van der Waals surface area (Å²) in [6.07, 6.45) is 3.92. The van der Waals surface area contributed by atoms with E-state index in [1.54, 1.807) is 6.20 Å². The van der Waals surface area contributed by atoms with Crippen molar-refractivity contribution in [2.45, 2.75) is 46.2 Å². The third kappa shape index (κ3) is 4.43. The zero-order valence-corrected chi connectivity index (χ0v) is 16.1. The number of carbonyl (C=O) groups is 1. The van der Waals surface area contributed by atoms with Crippen molar-refractivity contribution < 1.29 is 4.79 Å². The van der Waals surface area contributed by atoms with Crippen LogP contribution >= 0.6 is 0 Å². The van der Waals surface area contributed by atoms with Crippen molar-refractivity contribution >= 4 is 11.7 Å². The summed E-state index contributed by atoms with van der Waals surface area (Å²) in [6, 6.07) is 14.6. The van der Waals surface area contributed by atoms with E-state index in [1.165, 1.54) is 5.56 Å². The number of likely N-dealkylation sites (tertiary alicyclic amines) is 1. The van der Waals surface area contributed by atoms with Gasteiger partial charge < -0.3 is 9.80 Å². The first-order valence-electron chi connectivity index (χ1n) is 9.60. The van der Waals surface area contributed by atoms with Crippen LogP contribution in [0.3, 0.4) is 0 Å². The molecule has 0 radical (unpaired) electrons. The average molecular weight is 351 g/mol. The molecule has 0 spiro atoms. The molecular formula is C22H29N3O. The minimum Gasteiger partial charge on any atom is -0.350 e. The lowest BCUT2D eigenvalue weighted by atomic mass is 9.99. The van der Waals surface area contributed by atoms with Crippen LogP contribution in [0.25, 0.3) is 0 Å². The van der Waals surface area contributed by atoms with E-state index in [4.69, 9.17) is 0 Å². The quantitative estimate of drug-likeness (QED) is 0.803. The molecule has 26 heavy (non-hydrogen) atoms. The Labute approximate surface area is 156 Å². The second kappa shape index (κ2) is 8.35. The van der Waals surface area contributed by atoms with Crippen molar-refractivity contribution in [3.05, 3.63) is 59.8 Å². The predicted molar refractivity (Wildman–Crippen MR) is 106 cm³/mol. The lowest BCUT2D eigenvalue weighted by Gasteiger charge is -2.31. The summed E-state index contributed by atoms with van der Waals surface area (Å²) >= 11 is 0. The summed E-state index contributed by atoms with van der Waals surface area (Å²) in [5.41, 5.74) is 1.94. The van der Waals surface area contributed by atoms with Gasteiger partial charge in [0.2, 0.25) is 0 Å². The smallest absolute Gasteiger partial charge is 0.255 e. The van der Waals surface area contributed by atoms with Crippen LogP contribution in [0.5, 0.6) is 0 Å². The average Bonchev–Trinajstić information content (AvgIpc) is 2.67. The monoisotopic (exact) mass is 351 g/mol. The zero-order chi connectivity index (χ0) is 18.5. The Morgan fingerprint density at radius 3 is 2.42 bits per heavy atom. The highest BCUT2D eigenvalue weighted by Gasteiger charge is 2.22. The highest BCUT2D eigenvalue weighted by Crippen LogP contribution is 2.21. The van der Waals surface area contributed by atoms with E-state index in [9.17, 15) is 4.79 Å². The molecule has 1 aromatic carbocycles. The van der Waals surface area contributed by atoms with E-state index in [0.29, 0.717) is 11.6 Å². The number of nitrogens with zero attached hydrogens (tertiary/aromatic N) is 3. The van der Waals surface area contributed by atoms with Gasteiger partial charge in [0, 0.05) is 31.9 Å². The number of piperidine rings is 1. The van der Waals surface area contributed by atoms with Gasteiger partial charge in [0.15, 0.2) is 0 Å². The Morgan fingerprint density at radius 2 is 1.85 bits per heavy atom. The third-order valence-electron chi connectivity index (χ3n) is 5.18. The lowest BCUT2D eigenvalue weighted by molar-refractivity contribution is 0.0697. The molecule has 4 heteroatoms. The Bertz CT molecular complexity index is 704. The van der Waals surface area contributed by atoms with Crippen molar-refractivity contribution in [3.8, 4) is 0 Å². The molecule has 3 rings (SSSR count). The Hall–Kier alpha value is -2.36. The molecule has 0 bridgehead atoms. The van der Waals surface area contributed by atoms with Gasteiger partial charge in [0.05, 0.1) is 5.56 Å². The number of anilines is 1. The number of amides is 1. The fraction of sp³-hybridized carbons (Fsp3) is 0.455. The predicted octanol–water partition coefficient (Wildman–Crippen LogP) is 4.37. The van der Waals surface area contributed by atoms with Gasteiger partial charge in [-0.1, -0.05) is 37.3 Å². The van der Waals surface area contributed by atoms with Crippen molar-refractivity contribution in [3.63, 3.8) is 0 Å². The Morgan fingerprint density at radius 1 is 1.15 bits per heavy atom. The van der Waals surface area contributed by atoms with Crippen molar-refractivity contribution in [2.75, 3.05) is 18.0 Å². The fourth-order valence-corrected chi connectivity index (χ4v) is 3.38.